The second kappa shape index (κ2) is 5.47. The van der Waals surface area contributed by atoms with E-state index in [1.807, 2.05) is 13.8 Å². The number of carbonyl (C=O) groups excluding carboxylic acids is 1. The summed E-state index contributed by atoms with van der Waals surface area (Å²) in [4.78, 5) is 11.4. The van der Waals surface area contributed by atoms with Crippen molar-refractivity contribution >= 4 is 5.97 Å². The Kier molecular flexibility index (Phi) is 5.24. The van der Waals surface area contributed by atoms with Crippen molar-refractivity contribution in [1.29, 1.82) is 0 Å². The largest absolute Gasteiger partial charge is 0.469 e. The molecule has 0 saturated carbocycles. The molecule has 2 N–H and O–H groups in total. The number of hydrogen-bond acceptors (Lipinski definition) is 4. The van der Waals surface area contributed by atoms with Gasteiger partial charge >= 0.3 is 5.97 Å². The van der Waals surface area contributed by atoms with Crippen molar-refractivity contribution in [2.45, 2.75) is 39.7 Å². The second-order valence-corrected chi connectivity index (χ2v) is 4.67. The Labute approximate surface area is 92.1 Å². The fourth-order valence-corrected chi connectivity index (χ4v) is 0.995. The predicted octanol–water partition coefficient (Wildman–Crippen LogP) is 1.33. The number of ether oxygens (including phenoxy) is 2. The summed E-state index contributed by atoms with van der Waals surface area (Å²) in [6, 6.07) is 0. The third kappa shape index (κ3) is 4.18. The van der Waals surface area contributed by atoms with Gasteiger partial charge in [-0.15, -0.1) is 0 Å². The van der Waals surface area contributed by atoms with Gasteiger partial charge in [-0.05, 0) is 27.2 Å². The Balaban J connectivity index is 4.30. The highest BCUT2D eigenvalue weighted by Gasteiger charge is 2.32. The zero-order chi connectivity index (χ0) is 12.1. The van der Waals surface area contributed by atoms with Crippen LogP contribution >= 0.6 is 0 Å². The van der Waals surface area contributed by atoms with Crippen LogP contribution in [0.1, 0.15) is 34.1 Å². The van der Waals surface area contributed by atoms with Gasteiger partial charge in [0.05, 0.1) is 24.7 Å². The number of methoxy groups -OCH3 is 1. The standard InChI is InChI=1S/C11H23NO3/c1-6-11(4,7-12)15-8-10(2,3)9(13)14-5/h6-8,12H2,1-5H3. The Hall–Kier alpha value is -0.610. The van der Waals surface area contributed by atoms with E-state index in [9.17, 15) is 4.79 Å². The molecule has 0 aliphatic carbocycles. The summed E-state index contributed by atoms with van der Waals surface area (Å²) in [7, 11) is 1.38. The summed E-state index contributed by atoms with van der Waals surface area (Å²) in [6.45, 7) is 8.32. The molecular formula is C11H23NO3. The highest BCUT2D eigenvalue weighted by Crippen LogP contribution is 2.22. The molecule has 0 aromatic heterocycles. The Bertz CT molecular complexity index is 210. The average Bonchev–Trinajstić information content (AvgIpc) is 2.24. The maximum Gasteiger partial charge on any atom is 0.313 e. The minimum Gasteiger partial charge on any atom is -0.469 e. The molecule has 4 heteroatoms. The van der Waals surface area contributed by atoms with Gasteiger partial charge in [0.1, 0.15) is 0 Å². The number of hydrogen-bond donors (Lipinski definition) is 1. The van der Waals surface area contributed by atoms with E-state index in [1.54, 1.807) is 13.8 Å². The molecular weight excluding hydrogens is 194 g/mol. The van der Waals surface area contributed by atoms with E-state index in [-0.39, 0.29) is 11.6 Å². The van der Waals surface area contributed by atoms with Crippen LogP contribution < -0.4 is 5.73 Å². The SMILES string of the molecule is CCC(C)(CN)OCC(C)(C)C(=O)OC. The molecule has 0 spiro atoms. The first-order valence-electron chi connectivity index (χ1n) is 5.24. The number of esters is 1. The minimum absolute atomic E-state index is 0.266. The lowest BCUT2D eigenvalue weighted by molar-refractivity contribution is -0.158. The number of nitrogens with two attached hydrogens (primary N) is 1. The van der Waals surface area contributed by atoms with Crippen LogP contribution in [0.25, 0.3) is 0 Å². The molecule has 1 unspecified atom stereocenters. The van der Waals surface area contributed by atoms with Crippen LogP contribution in [0.4, 0.5) is 0 Å². The van der Waals surface area contributed by atoms with E-state index in [2.05, 4.69) is 0 Å². The molecule has 0 amide bonds. The van der Waals surface area contributed by atoms with Gasteiger partial charge in [-0.25, -0.2) is 0 Å². The molecule has 0 fully saturated rings. The monoisotopic (exact) mass is 217 g/mol. The van der Waals surface area contributed by atoms with E-state index in [0.717, 1.165) is 6.42 Å². The van der Waals surface area contributed by atoms with Crippen molar-refractivity contribution in [1.82, 2.24) is 0 Å². The highest BCUT2D eigenvalue weighted by atomic mass is 16.5. The van der Waals surface area contributed by atoms with Gasteiger partial charge in [0.2, 0.25) is 0 Å². The van der Waals surface area contributed by atoms with Crippen LogP contribution in [0.3, 0.4) is 0 Å². The van der Waals surface area contributed by atoms with Crippen molar-refractivity contribution in [2.24, 2.45) is 11.1 Å². The van der Waals surface area contributed by atoms with Gasteiger partial charge in [-0.1, -0.05) is 6.92 Å². The maximum atomic E-state index is 11.4. The van der Waals surface area contributed by atoms with Gasteiger partial charge in [-0.2, -0.15) is 0 Å². The van der Waals surface area contributed by atoms with Crippen molar-refractivity contribution in [2.75, 3.05) is 20.3 Å². The summed E-state index contributed by atoms with van der Waals surface area (Å²) in [5.41, 5.74) is 4.63. The van der Waals surface area contributed by atoms with Crippen molar-refractivity contribution < 1.29 is 14.3 Å². The van der Waals surface area contributed by atoms with Gasteiger partial charge in [0.25, 0.3) is 0 Å². The topological polar surface area (TPSA) is 61.5 Å². The summed E-state index contributed by atoms with van der Waals surface area (Å²) >= 11 is 0. The van der Waals surface area contributed by atoms with Gasteiger partial charge < -0.3 is 15.2 Å². The quantitative estimate of drug-likeness (QED) is 0.682. The van der Waals surface area contributed by atoms with E-state index in [4.69, 9.17) is 15.2 Å². The lowest BCUT2D eigenvalue weighted by Crippen LogP contribution is -2.41. The first-order valence-corrected chi connectivity index (χ1v) is 5.24. The Morgan fingerprint density at radius 2 is 1.87 bits per heavy atom. The van der Waals surface area contributed by atoms with E-state index >= 15 is 0 Å². The average molecular weight is 217 g/mol. The minimum atomic E-state index is -0.625. The molecule has 0 bridgehead atoms. The first-order chi connectivity index (χ1) is 6.81. The molecule has 1 atom stereocenters. The number of rotatable bonds is 6. The summed E-state index contributed by atoms with van der Waals surface area (Å²) in [6.07, 6.45) is 0.820. The summed E-state index contributed by atoms with van der Waals surface area (Å²) < 4.78 is 10.4. The van der Waals surface area contributed by atoms with Gasteiger partial charge in [0.15, 0.2) is 0 Å². The van der Waals surface area contributed by atoms with Crippen LogP contribution in [0, 0.1) is 5.41 Å². The first kappa shape index (κ1) is 14.4. The molecule has 0 saturated heterocycles. The molecule has 0 aromatic carbocycles. The third-order valence-corrected chi connectivity index (χ3v) is 2.70. The van der Waals surface area contributed by atoms with Crippen LogP contribution in [-0.4, -0.2) is 31.8 Å². The van der Waals surface area contributed by atoms with E-state index < -0.39 is 5.41 Å². The third-order valence-electron chi connectivity index (χ3n) is 2.70. The van der Waals surface area contributed by atoms with Crippen LogP contribution in [0.5, 0.6) is 0 Å². The smallest absolute Gasteiger partial charge is 0.313 e. The van der Waals surface area contributed by atoms with Crippen molar-refractivity contribution in [3.8, 4) is 0 Å². The lowest BCUT2D eigenvalue weighted by Gasteiger charge is -2.31. The van der Waals surface area contributed by atoms with Crippen molar-refractivity contribution in [3.63, 3.8) is 0 Å². The molecule has 0 aliphatic heterocycles. The van der Waals surface area contributed by atoms with Gasteiger partial charge in [0, 0.05) is 6.54 Å². The molecule has 0 heterocycles. The summed E-state index contributed by atoms with van der Waals surface area (Å²) in [5.74, 6) is -0.266. The molecule has 0 aliphatic rings. The maximum absolute atomic E-state index is 11.4. The van der Waals surface area contributed by atoms with E-state index in [1.165, 1.54) is 7.11 Å². The lowest BCUT2D eigenvalue weighted by atomic mass is 9.94. The van der Waals surface area contributed by atoms with E-state index in [0.29, 0.717) is 13.2 Å². The molecule has 0 radical (unpaired) electrons. The number of carbonyl (C=O) groups is 1. The van der Waals surface area contributed by atoms with Crippen LogP contribution in [0.15, 0.2) is 0 Å². The molecule has 90 valence electrons. The highest BCUT2D eigenvalue weighted by molar-refractivity contribution is 5.75. The molecule has 0 rings (SSSR count). The van der Waals surface area contributed by atoms with Crippen molar-refractivity contribution in [3.05, 3.63) is 0 Å². The fourth-order valence-electron chi connectivity index (χ4n) is 0.995. The molecule has 0 aromatic rings. The summed E-state index contributed by atoms with van der Waals surface area (Å²) in [5, 5.41) is 0. The Morgan fingerprint density at radius 1 is 1.33 bits per heavy atom. The van der Waals surface area contributed by atoms with Crippen LogP contribution in [-0.2, 0) is 14.3 Å². The fraction of sp³-hybridized carbons (Fsp3) is 0.909. The normalized spacial score (nSPS) is 15.9. The van der Waals surface area contributed by atoms with Gasteiger partial charge in [-0.3, -0.25) is 4.79 Å². The second-order valence-electron chi connectivity index (χ2n) is 4.67. The zero-order valence-electron chi connectivity index (χ0n) is 10.4. The van der Waals surface area contributed by atoms with Crippen LogP contribution in [0.2, 0.25) is 0 Å². The predicted molar refractivity (Wildman–Crippen MR) is 59.5 cm³/mol. The Morgan fingerprint density at radius 3 is 2.20 bits per heavy atom. The molecule has 15 heavy (non-hydrogen) atoms. The molecule has 4 nitrogen and oxygen atoms in total. The zero-order valence-corrected chi connectivity index (χ0v) is 10.4.